The summed E-state index contributed by atoms with van der Waals surface area (Å²) in [6.07, 6.45) is -5.62. The van der Waals surface area contributed by atoms with E-state index in [9.17, 15) is 23.1 Å². The molecule has 1 amide bonds. The van der Waals surface area contributed by atoms with Gasteiger partial charge in [0.15, 0.2) is 0 Å². The SMILES string of the molecule is COc1ccc(-c2ccc(C(F)(F)F)cc2)cc1C(Cc1nnc(C)o1)NC(=O)O. The molecule has 1 aromatic heterocycles. The molecule has 3 aromatic rings. The van der Waals surface area contributed by atoms with Crippen molar-refractivity contribution in [3.63, 3.8) is 0 Å². The van der Waals surface area contributed by atoms with Crippen LogP contribution in [-0.4, -0.2) is 28.5 Å². The topological polar surface area (TPSA) is 97.5 Å². The fourth-order valence-electron chi connectivity index (χ4n) is 3.02. The fraction of sp³-hybridized carbons (Fsp3) is 0.250. The molecule has 0 radical (unpaired) electrons. The highest BCUT2D eigenvalue weighted by atomic mass is 19.4. The standard InChI is InChI=1S/C20H18F3N3O4/c1-11-25-26-18(30-11)10-16(24-19(27)28)15-9-13(5-8-17(15)29-2)12-3-6-14(7-4-12)20(21,22)23/h3-9,16,24H,10H2,1-2H3,(H,27,28). The lowest BCUT2D eigenvalue weighted by Crippen LogP contribution is -2.28. The quantitative estimate of drug-likeness (QED) is 0.603. The third kappa shape index (κ3) is 4.88. The van der Waals surface area contributed by atoms with Gasteiger partial charge in [-0.05, 0) is 35.4 Å². The van der Waals surface area contributed by atoms with Crippen molar-refractivity contribution in [1.29, 1.82) is 0 Å². The van der Waals surface area contributed by atoms with Crippen molar-refractivity contribution in [3.8, 4) is 16.9 Å². The predicted octanol–water partition coefficient (Wildman–Crippen LogP) is 4.62. The van der Waals surface area contributed by atoms with E-state index in [1.165, 1.54) is 19.2 Å². The molecule has 30 heavy (non-hydrogen) atoms. The Balaban J connectivity index is 1.99. The Bertz CT molecular complexity index is 1030. The van der Waals surface area contributed by atoms with Crippen LogP contribution in [0.15, 0.2) is 46.9 Å². The number of carbonyl (C=O) groups is 1. The van der Waals surface area contributed by atoms with E-state index < -0.39 is 23.9 Å². The van der Waals surface area contributed by atoms with Gasteiger partial charge in [-0.3, -0.25) is 0 Å². The Morgan fingerprint density at radius 2 is 1.83 bits per heavy atom. The molecule has 2 N–H and O–H groups in total. The average Bonchev–Trinajstić information content (AvgIpc) is 3.11. The number of alkyl halides is 3. The maximum Gasteiger partial charge on any atom is 0.416 e. The number of aromatic nitrogens is 2. The molecule has 0 aliphatic heterocycles. The molecule has 0 aliphatic carbocycles. The van der Waals surface area contributed by atoms with E-state index in [1.54, 1.807) is 25.1 Å². The zero-order chi connectivity index (χ0) is 21.9. The number of ether oxygens (including phenoxy) is 1. The highest BCUT2D eigenvalue weighted by Crippen LogP contribution is 2.34. The Hall–Kier alpha value is -3.56. The molecule has 0 aliphatic rings. The summed E-state index contributed by atoms with van der Waals surface area (Å²) < 4.78 is 49.2. The number of amides is 1. The molecule has 1 atom stereocenters. The number of nitrogens with one attached hydrogen (secondary N) is 1. The lowest BCUT2D eigenvalue weighted by atomic mass is 9.96. The summed E-state index contributed by atoms with van der Waals surface area (Å²) in [4.78, 5) is 11.3. The third-order valence-corrected chi connectivity index (χ3v) is 4.40. The van der Waals surface area contributed by atoms with Crippen molar-refractivity contribution < 1.29 is 32.2 Å². The largest absolute Gasteiger partial charge is 0.496 e. The van der Waals surface area contributed by atoms with Crippen LogP contribution in [0.3, 0.4) is 0 Å². The van der Waals surface area contributed by atoms with Crippen molar-refractivity contribution in [2.24, 2.45) is 0 Å². The van der Waals surface area contributed by atoms with Crippen LogP contribution < -0.4 is 10.1 Å². The second-order valence-electron chi connectivity index (χ2n) is 6.45. The Morgan fingerprint density at radius 3 is 2.37 bits per heavy atom. The van der Waals surface area contributed by atoms with Crippen molar-refractivity contribution >= 4 is 6.09 Å². The first kappa shape index (κ1) is 21.2. The van der Waals surface area contributed by atoms with Crippen LogP contribution in [0, 0.1) is 6.92 Å². The van der Waals surface area contributed by atoms with Gasteiger partial charge in [-0.1, -0.05) is 18.2 Å². The number of hydrogen-bond acceptors (Lipinski definition) is 5. The molecular weight excluding hydrogens is 403 g/mol. The van der Waals surface area contributed by atoms with Crippen LogP contribution in [-0.2, 0) is 12.6 Å². The summed E-state index contributed by atoms with van der Waals surface area (Å²) in [6, 6.07) is 8.88. The minimum absolute atomic E-state index is 0.0694. The van der Waals surface area contributed by atoms with Crippen LogP contribution >= 0.6 is 0 Å². The number of aryl methyl sites for hydroxylation is 1. The minimum Gasteiger partial charge on any atom is -0.496 e. The molecular formula is C20H18F3N3O4. The lowest BCUT2D eigenvalue weighted by molar-refractivity contribution is -0.137. The lowest BCUT2D eigenvalue weighted by Gasteiger charge is -2.20. The van der Waals surface area contributed by atoms with Crippen molar-refractivity contribution in [2.75, 3.05) is 7.11 Å². The maximum absolute atomic E-state index is 12.8. The Kier molecular flexibility index (Phi) is 5.95. The molecule has 0 bridgehead atoms. The van der Waals surface area contributed by atoms with Gasteiger partial charge in [0.2, 0.25) is 11.8 Å². The van der Waals surface area contributed by atoms with Gasteiger partial charge in [0, 0.05) is 12.5 Å². The molecule has 7 nitrogen and oxygen atoms in total. The zero-order valence-corrected chi connectivity index (χ0v) is 16.0. The van der Waals surface area contributed by atoms with E-state index in [0.717, 1.165) is 12.1 Å². The second-order valence-corrected chi connectivity index (χ2v) is 6.45. The van der Waals surface area contributed by atoms with E-state index in [-0.39, 0.29) is 12.3 Å². The van der Waals surface area contributed by atoms with Crippen molar-refractivity contribution in [1.82, 2.24) is 15.5 Å². The smallest absolute Gasteiger partial charge is 0.416 e. The molecule has 0 spiro atoms. The molecule has 3 rings (SSSR count). The van der Waals surface area contributed by atoms with Crippen molar-refractivity contribution in [3.05, 3.63) is 65.4 Å². The Labute approximate surface area is 169 Å². The van der Waals surface area contributed by atoms with Crippen LogP contribution in [0.25, 0.3) is 11.1 Å². The van der Waals surface area contributed by atoms with E-state index in [1.807, 2.05) is 0 Å². The molecule has 0 fully saturated rings. The number of carboxylic acid groups (broad SMARTS) is 1. The van der Waals surface area contributed by atoms with Crippen LogP contribution in [0.2, 0.25) is 0 Å². The van der Waals surface area contributed by atoms with Gasteiger partial charge in [-0.25, -0.2) is 4.79 Å². The average molecular weight is 421 g/mol. The number of nitrogens with zero attached hydrogens (tertiary/aromatic N) is 2. The third-order valence-electron chi connectivity index (χ3n) is 4.40. The normalized spacial score (nSPS) is 12.4. The molecule has 2 aromatic carbocycles. The van der Waals surface area contributed by atoms with E-state index in [2.05, 4.69) is 15.5 Å². The fourth-order valence-corrected chi connectivity index (χ4v) is 3.02. The number of halogens is 3. The zero-order valence-electron chi connectivity index (χ0n) is 16.0. The first-order valence-corrected chi connectivity index (χ1v) is 8.81. The highest BCUT2D eigenvalue weighted by molar-refractivity contribution is 5.68. The summed E-state index contributed by atoms with van der Waals surface area (Å²) in [6.45, 7) is 1.61. The summed E-state index contributed by atoms with van der Waals surface area (Å²) in [5, 5.41) is 19.3. The molecule has 0 saturated carbocycles. The van der Waals surface area contributed by atoms with Gasteiger partial charge in [0.1, 0.15) is 5.75 Å². The summed E-state index contributed by atoms with van der Waals surface area (Å²) in [5.41, 5.74) is 0.860. The van der Waals surface area contributed by atoms with Gasteiger partial charge in [0.25, 0.3) is 0 Å². The monoisotopic (exact) mass is 421 g/mol. The van der Waals surface area contributed by atoms with Crippen molar-refractivity contribution in [2.45, 2.75) is 25.6 Å². The highest BCUT2D eigenvalue weighted by Gasteiger charge is 2.30. The molecule has 10 heteroatoms. The van der Waals surface area contributed by atoms with Gasteiger partial charge < -0.3 is 19.6 Å². The van der Waals surface area contributed by atoms with Gasteiger partial charge >= 0.3 is 12.3 Å². The van der Waals surface area contributed by atoms with Gasteiger partial charge in [-0.15, -0.1) is 10.2 Å². The van der Waals surface area contributed by atoms with Gasteiger partial charge in [-0.2, -0.15) is 13.2 Å². The molecule has 158 valence electrons. The van der Waals surface area contributed by atoms with Gasteiger partial charge in [0.05, 0.1) is 25.1 Å². The number of rotatable bonds is 6. The predicted molar refractivity (Wildman–Crippen MR) is 100 cm³/mol. The maximum atomic E-state index is 12.8. The van der Waals surface area contributed by atoms with Crippen LogP contribution in [0.1, 0.15) is 29.0 Å². The first-order valence-electron chi connectivity index (χ1n) is 8.81. The van der Waals surface area contributed by atoms with E-state index >= 15 is 0 Å². The van der Waals surface area contributed by atoms with Crippen LogP contribution in [0.5, 0.6) is 5.75 Å². The minimum atomic E-state index is -4.43. The Morgan fingerprint density at radius 1 is 1.17 bits per heavy atom. The number of hydrogen-bond donors (Lipinski definition) is 2. The van der Waals surface area contributed by atoms with Crippen LogP contribution in [0.4, 0.5) is 18.0 Å². The van der Waals surface area contributed by atoms with E-state index in [0.29, 0.717) is 28.3 Å². The number of methoxy groups -OCH3 is 1. The molecule has 0 saturated heterocycles. The second kappa shape index (κ2) is 8.44. The summed E-state index contributed by atoms with van der Waals surface area (Å²) in [7, 11) is 1.44. The van der Waals surface area contributed by atoms with E-state index in [4.69, 9.17) is 9.15 Å². The summed E-state index contributed by atoms with van der Waals surface area (Å²) in [5.74, 6) is 0.971. The summed E-state index contributed by atoms with van der Waals surface area (Å²) >= 11 is 0. The number of benzene rings is 2. The first-order chi connectivity index (χ1) is 14.2. The molecule has 1 unspecified atom stereocenters. The molecule has 1 heterocycles.